The second-order valence-corrected chi connectivity index (χ2v) is 4.01. The lowest BCUT2D eigenvalue weighted by atomic mass is 10.3. The standard InChI is InChI=1S/C12H9ClN4/c13-9-3-5-10(6-4-9)16-12-11-2-1-7-17(11)15-8-14-12/h1-8H,(H,14,15,16). The highest BCUT2D eigenvalue weighted by Crippen LogP contribution is 2.20. The van der Waals surface area contributed by atoms with E-state index in [9.17, 15) is 0 Å². The van der Waals surface area contributed by atoms with Crippen LogP contribution in [0.5, 0.6) is 0 Å². The van der Waals surface area contributed by atoms with E-state index >= 15 is 0 Å². The predicted octanol–water partition coefficient (Wildman–Crippen LogP) is 3.13. The molecule has 0 atom stereocenters. The molecule has 0 bridgehead atoms. The van der Waals surface area contributed by atoms with E-state index in [2.05, 4.69) is 15.4 Å². The minimum atomic E-state index is 0.714. The largest absolute Gasteiger partial charge is 0.338 e. The molecule has 0 amide bonds. The Bertz CT molecular complexity index is 645. The molecule has 5 heteroatoms. The van der Waals surface area contributed by atoms with Gasteiger partial charge in [0, 0.05) is 16.9 Å². The number of aromatic nitrogens is 3. The average Bonchev–Trinajstić information content (AvgIpc) is 2.81. The lowest BCUT2D eigenvalue weighted by Gasteiger charge is -2.06. The molecule has 2 heterocycles. The number of anilines is 2. The molecule has 3 aromatic rings. The second-order valence-electron chi connectivity index (χ2n) is 3.58. The van der Waals surface area contributed by atoms with Crippen molar-refractivity contribution in [1.82, 2.24) is 14.6 Å². The zero-order chi connectivity index (χ0) is 11.7. The van der Waals surface area contributed by atoms with Crippen LogP contribution in [0, 0.1) is 0 Å². The van der Waals surface area contributed by atoms with Gasteiger partial charge in [0.1, 0.15) is 11.8 Å². The van der Waals surface area contributed by atoms with E-state index in [4.69, 9.17) is 11.6 Å². The van der Waals surface area contributed by atoms with Gasteiger partial charge < -0.3 is 5.32 Å². The van der Waals surface area contributed by atoms with Crippen molar-refractivity contribution in [2.45, 2.75) is 0 Å². The first kappa shape index (κ1) is 10.1. The lowest BCUT2D eigenvalue weighted by Crippen LogP contribution is -1.98. The van der Waals surface area contributed by atoms with Gasteiger partial charge in [0.05, 0.1) is 0 Å². The molecule has 17 heavy (non-hydrogen) atoms. The summed E-state index contributed by atoms with van der Waals surface area (Å²) in [4.78, 5) is 4.22. The molecule has 0 aliphatic carbocycles. The van der Waals surface area contributed by atoms with Crippen LogP contribution in [0.15, 0.2) is 48.9 Å². The van der Waals surface area contributed by atoms with Gasteiger partial charge in [0.2, 0.25) is 0 Å². The molecule has 0 fully saturated rings. The van der Waals surface area contributed by atoms with Crippen LogP contribution in [0.2, 0.25) is 5.02 Å². The summed E-state index contributed by atoms with van der Waals surface area (Å²) in [5.74, 6) is 0.771. The summed E-state index contributed by atoms with van der Waals surface area (Å²) in [6, 6.07) is 11.4. The molecule has 4 nitrogen and oxygen atoms in total. The normalized spacial score (nSPS) is 10.6. The van der Waals surface area contributed by atoms with Gasteiger partial charge >= 0.3 is 0 Å². The Morgan fingerprint density at radius 2 is 1.94 bits per heavy atom. The number of hydrogen-bond acceptors (Lipinski definition) is 3. The van der Waals surface area contributed by atoms with Gasteiger partial charge in [-0.1, -0.05) is 11.6 Å². The number of fused-ring (bicyclic) bond motifs is 1. The minimum Gasteiger partial charge on any atom is -0.338 e. The maximum Gasteiger partial charge on any atom is 0.158 e. The summed E-state index contributed by atoms with van der Waals surface area (Å²) >= 11 is 5.83. The zero-order valence-corrected chi connectivity index (χ0v) is 9.59. The van der Waals surface area contributed by atoms with Crippen LogP contribution in [-0.4, -0.2) is 14.6 Å². The van der Waals surface area contributed by atoms with Crippen LogP contribution >= 0.6 is 11.6 Å². The highest BCUT2D eigenvalue weighted by atomic mass is 35.5. The molecule has 0 saturated heterocycles. The first-order chi connectivity index (χ1) is 8.33. The number of nitrogens with one attached hydrogen (secondary N) is 1. The smallest absolute Gasteiger partial charge is 0.158 e. The molecule has 84 valence electrons. The van der Waals surface area contributed by atoms with Gasteiger partial charge in [-0.3, -0.25) is 0 Å². The number of benzene rings is 1. The summed E-state index contributed by atoms with van der Waals surface area (Å²) in [5.41, 5.74) is 1.87. The number of halogens is 1. The van der Waals surface area contributed by atoms with Gasteiger partial charge in [0.15, 0.2) is 5.82 Å². The van der Waals surface area contributed by atoms with E-state index in [1.807, 2.05) is 42.6 Å². The van der Waals surface area contributed by atoms with Crippen LogP contribution in [0.25, 0.3) is 5.52 Å². The van der Waals surface area contributed by atoms with Gasteiger partial charge in [-0.15, -0.1) is 0 Å². The van der Waals surface area contributed by atoms with Crippen molar-refractivity contribution < 1.29 is 0 Å². The third kappa shape index (κ3) is 1.94. The molecular weight excluding hydrogens is 236 g/mol. The predicted molar refractivity (Wildman–Crippen MR) is 67.7 cm³/mol. The first-order valence-electron chi connectivity index (χ1n) is 5.14. The van der Waals surface area contributed by atoms with Gasteiger partial charge in [0.25, 0.3) is 0 Å². The van der Waals surface area contributed by atoms with Gasteiger partial charge in [-0.25, -0.2) is 9.50 Å². The average molecular weight is 245 g/mol. The third-order valence-electron chi connectivity index (χ3n) is 2.44. The van der Waals surface area contributed by atoms with Gasteiger partial charge in [-0.05, 0) is 36.4 Å². The zero-order valence-electron chi connectivity index (χ0n) is 8.84. The Morgan fingerprint density at radius 3 is 2.76 bits per heavy atom. The second kappa shape index (κ2) is 4.07. The molecule has 0 aliphatic heterocycles. The molecule has 0 unspecified atom stereocenters. The third-order valence-corrected chi connectivity index (χ3v) is 2.69. The van der Waals surface area contributed by atoms with E-state index in [-0.39, 0.29) is 0 Å². The maximum atomic E-state index is 5.83. The molecule has 0 spiro atoms. The first-order valence-corrected chi connectivity index (χ1v) is 5.52. The Balaban J connectivity index is 1.99. The fraction of sp³-hybridized carbons (Fsp3) is 0. The fourth-order valence-electron chi connectivity index (χ4n) is 1.63. The van der Waals surface area contributed by atoms with Crippen molar-refractivity contribution in [3.8, 4) is 0 Å². The summed E-state index contributed by atoms with van der Waals surface area (Å²) in [7, 11) is 0. The maximum absolute atomic E-state index is 5.83. The fourth-order valence-corrected chi connectivity index (χ4v) is 1.76. The van der Waals surface area contributed by atoms with Crippen molar-refractivity contribution >= 4 is 28.6 Å². The SMILES string of the molecule is Clc1ccc(Nc2ncnn3cccc23)cc1. The number of rotatable bonds is 2. The van der Waals surface area contributed by atoms with Crippen molar-refractivity contribution in [3.63, 3.8) is 0 Å². The monoisotopic (exact) mass is 244 g/mol. The van der Waals surface area contributed by atoms with E-state index in [0.717, 1.165) is 17.0 Å². The quantitative estimate of drug-likeness (QED) is 0.753. The Labute approximate surface area is 103 Å². The van der Waals surface area contributed by atoms with Crippen LogP contribution < -0.4 is 5.32 Å². The Kier molecular flexibility index (Phi) is 2.42. The molecular formula is C12H9ClN4. The molecule has 3 rings (SSSR count). The molecule has 1 N–H and O–H groups in total. The summed E-state index contributed by atoms with van der Waals surface area (Å²) in [6.07, 6.45) is 3.40. The van der Waals surface area contributed by atoms with Crippen LogP contribution in [0.4, 0.5) is 11.5 Å². The number of nitrogens with zero attached hydrogens (tertiary/aromatic N) is 3. The topological polar surface area (TPSA) is 42.2 Å². The molecule has 2 aromatic heterocycles. The van der Waals surface area contributed by atoms with Gasteiger partial charge in [-0.2, -0.15) is 5.10 Å². The molecule has 0 saturated carbocycles. The lowest BCUT2D eigenvalue weighted by molar-refractivity contribution is 0.906. The number of hydrogen-bond donors (Lipinski definition) is 1. The van der Waals surface area contributed by atoms with E-state index < -0.39 is 0 Å². The van der Waals surface area contributed by atoms with Crippen LogP contribution in [0.3, 0.4) is 0 Å². The molecule has 0 aliphatic rings. The summed E-state index contributed by atoms with van der Waals surface area (Å²) < 4.78 is 1.77. The Morgan fingerprint density at radius 1 is 1.12 bits per heavy atom. The van der Waals surface area contributed by atoms with Crippen molar-refractivity contribution in [3.05, 3.63) is 53.9 Å². The summed E-state index contributed by atoms with van der Waals surface area (Å²) in [6.45, 7) is 0. The minimum absolute atomic E-state index is 0.714. The van der Waals surface area contributed by atoms with Crippen molar-refractivity contribution in [2.24, 2.45) is 0 Å². The molecule has 1 aromatic carbocycles. The van der Waals surface area contributed by atoms with Crippen LogP contribution in [0.1, 0.15) is 0 Å². The van der Waals surface area contributed by atoms with Crippen LogP contribution in [-0.2, 0) is 0 Å². The highest BCUT2D eigenvalue weighted by Gasteiger charge is 2.02. The van der Waals surface area contributed by atoms with E-state index in [0.29, 0.717) is 5.02 Å². The summed E-state index contributed by atoms with van der Waals surface area (Å²) in [5, 5.41) is 8.05. The van der Waals surface area contributed by atoms with Crippen molar-refractivity contribution in [2.75, 3.05) is 5.32 Å². The Hall–Kier alpha value is -2.07. The van der Waals surface area contributed by atoms with E-state index in [1.54, 1.807) is 4.52 Å². The molecule has 0 radical (unpaired) electrons. The highest BCUT2D eigenvalue weighted by molar-refractivity contribution is 6.30. The van der Waals surface area contributed by atoms with Crippen molar-refractivity contribution in [1.29, 1.82) is 0 Å². The van der Waals surface area contributed by atoms with E-state index in [1.165, 1.54) is 6.33 Å².